The summed E-state index contributed by atoms with van der Waals surface area (Å²) in [5.41, 5.74) is 6.66. The highest BCUT2D eigenvalue weighted by molar-refractivity contribution is 5.27. The summed E-state index contributed by atoms with van der Waals surface area (Å²) in [6, 6.07) is 7.87. The largest absolute Gasteiger partial charge is 0.492 e. The second-order valence-corrected chi connectivity index (χ2v) is 4.62. The van der Waals surface area contributed by atoms with Crippen LogP contribution in [0.4, 0.5) is 0 Å². The summed E-state index contributed by atoms with van der Waals surface area (Å²) in [5, 5.41) is 9.02. The summed E-state index contributed by atoms with van der Waals surface area (Å²) in [6.07, 6.45) is 2.33. The highest BCUT2D eigenvalue weighted by Gasteiger charge is 2.03. The molecule has 0 spiro atoms. The number of nitrogens with zero attached hydrogens (tertiary/aromatic N) is 1. The third-order valence-corrected chi connectivity index (χ3v) is 3.08. The third kappa shape index (κ3) is 6.57. The first-order valence-electron chi connectivity index (χ1n) is 7.05. The summed E-state index contributed by atoms with van der Waals surface area (Å²) in [4.78, 5) is 2.23. The predicted molar refractivity (Wildman–Crippen MR) is 78.3 cm³/mol. The topological polar surface area (TPSA) is 58.7 Å². The molecule has 0 bridgehead atoms. The van der Waals surface area contributed by atoms with E-state index in [1.807, 2.05) is 24.3 Å². The highest BCUT2D eigenvalue weighted by atomic mass is 16.5. The van der Waals surface area contributed by atoms with Gasteiger partial charge in [-0.2, -0.15) is 0 Å². The monoisotopic (exact) mass is 266 g/mol. The summed E-state index contributed by atoms with van der Waals surface area (Å²) in [5.74, 6) is 0.872. The van der Waals surface area contributed by atoms with Crippen LogP contribution in [0.5, 0.6) is 5.75 Å². The lowest BCUT2D eigenvalue weighted by molar-refractivity contribution is 0.167. The van der Waals surface area contributed by atoms with Gasteiger partial charge >= 0.3 is 0 Å². The summed E-state index contributed by atoms with van der Waals surface area (Å²) in [7, 11) is 0. The van der Waals surface area contributed by atoms with Crippen molar-refractivity contribution in [3.05, 3.63) is 29.8 Å². The van der Waals surface area contributed by atoms with E-state index in [0.717, 1.165) is 37.4 Å². The lowest BCUT2D eigenvalue weighted by Gasteiger charge is -2.21. The van der Waals surface area contributed by atoms with E-state index in [4.69, 9.17) is 15.6 Å². The molecule has 4 heteroatoms. The van der Waals surface area contributed by atoms with Crippen molar-refractivity contribution in [2.24, 2.45) is 5.73 Å². The van der Waals surface area contributed by atoms with Gasteiger partial charge in [-0.05, 0) is 30.7 Å². The van der Waals surface area contributed by atoms with Crippen LogP contribution in [0.2, 0.25) is 0 Å². The number of aliphatic hydroxyl groups excluding tert-OH is 1. The van der Waals surface area contributed by atoms with Crippen LogP contribution in [-0.4, -0.2) is 42.9 Å². The quantitative estimate of drug-likeness (QED) is 0.675. The molecule has 1 aromatic rings. The van der Waals surface area contributed by atoms with Gasteiger partial charge < -0.3 is 15.6 Å². The molecule has 0 aliphatic rings. The Morgan fingerprint density at radius 2 is 1.89 bits per heavy atom. The SMILES string of the molecule is CCCCN(CCO)CCOc1ccc(CN)cc1. The zero-order valence-corrected chi connectivity index (χ0v) is 11.8. The molecule has 3 N–H and O–H groups in total. The molecule has 0 saturated carbocycles. The average Bonchev–Trinajstić information content (AvgIpc) is 2.45. The molecule has 4 nitrogen and oxygen atoms in total. The van der Waals surface area contributed by atoms with Crippen LogP contribution < -0.4 is 10.5 Å². The summed E-state index contributed by atoms with van der Waals surface area (Å²) >= 11 is 0. The van der Waals surface area contributed by atoms with Gasteiger partial charge in [-0.15, -0.1) is 0 Å². The first kappa shape index (κ1) is 16.0. The van der Waals surface area contributed by atoms with Crippen molar-refractivity contribution in [2.75, 3.05) is 32.8 Å². The zero-order valence-electron chi connectivity index (χ0n) is 11.8. The van der Waals surface area contributed by atoms with Gasteiger partial charge in [-0.3, -0.25) is 4.90 Å². The minimum atomic E-state index is 0.203. The third-order valence-electron chi connectivity index (χ3n) is 3.08. The first-order valence-corrected chi connectivity index (χ1v) is 7.05. The maximum absolute atomic E-state index is 9.02. The molecule has 0 heterocycles. The molecule has 0 unspecified atom stereocenters. The van der Waals surface area contributed by atoms with Gasteiger partial charge in [-0.25, -0.2) is 0 Å². The number of hydrogen-bond acceptors (Lipinski definition) is 4. The van der Waals surface area contributed by atoms with Gasteiger partial charge in [0.05, 0.1) is 6.61 Å². The second kappa shape index (κ2) is 9.78. The fourth-order valence-electron chi connectivity index (χ4n) is 1.87. The van der Waals surface area contributed by atoms with E-state index in [1.54, 1.807) is 0 Å². The van der Waals surface area contributed by atoms with Crippen molar-refractivity contribution in [1.82, 2.24) is 4.90 Å². The molecule has 0 aliphatic carbocycles. The van der Waals surface area contributed by atoms with Crippen molar-refractivity contribution in [3.8, 4) is 5.75 Å². The molecule has 0 atom stereocenters. The van der Waals surface area contributed by atoms with E-state index < -0.39 is 0 Å². The van der Waals surface area contributed by atoms with Gasteiger partial charge in [0.25, 0.3) is 0 Å². The number of benzene rings is 1. The van der Waals surface area contributed by atoms with E-state index in [2.05, 4.69) is 11.8 Å². The molecule has 1 rings (SSSR count). The van der Waals surface area contributed by atoms with Crippen LogP contribution in [0.25, 0.3) is 0 Å². The molecular weight excluding hydrogens is 240 g/mol. The van der Waals surface area contributed by atoms with Crippen LogP contribution in [0.3, 0.4) is 0 Å². The first-order chi connectivity index (χ1) is 9.30. The van der Waals surface area contributed by atoms with Crippen molar-refractivity contribution >= 4 is 0 Å². The van der Waals surface area contributed by atoms with Gasteiger partial charge in [0.2, 0.25) is 0 Å². The Morgan fingerprint density at radius 3 is 2.47 bits per heavy atom. The summed E-state index contributed by atoms with van der Waals surface area (Å²) < 4.78 is 5.70. The molecule has 0 radical (unpaired) electrons. The van der Waals surface area contributed by atoms with E-state index in [-0.39, 0.29) is 6.61 Å². The number of nitrogens with two attached hydrogens (primary N) is 1. The fourth-order valence-corrected chi connectivity index (χ4v) is 1.87. The number of ether oxygens (including phenoxy) is 1. The van der Waals surface area contributed by atoms with Gasteiger partial charge in [0.15, 0.2) is 0 Å². The average molecular weight is 266 g/mol. The Morgan fingerprint density at radius 1 is 1.16 bits per heavy atom. The van der Waals surface area contributed by atoms with Crippen LogP contribution in [-0.2, 0) is 6.54 Å². The van der Waals surface area contributed by atoms with Gasteiger partial charge in [-0.1, -0.05) is 25.5 Å². The Hall–Kier alpha value is -1.10. The normalized spacial score (nSPS) is 10.9. The molecule has 0 amide bonds. The molecular formula is C15H26N2O2. The lowest BCUT2D eigenvalue weighted by Crippen LogP contribution is -2.32. The van der Waals surface area contributed by atoms with Crippen molar-refractivity contribution in [2.45, 2.75) is 26.3 Å². The Bertz CT molecular complexity index is 327. The minimum absolute atomic E-state index is 0.203. The molecule has 0 fully saturated rings. The van der Waals surface area contributed by atoms with E-state index in [9.17, 15) is 0 Å². The summed E-state index contributed by atoms with van der Waals surface area (Å²) in [6.45, 7) is 6.16. The van der Waals surface area contributed by atoms with E-state index in [1.165, 1.54) is 6.42 Å². The van der Waals surface area contributed by atoms with Crippen LogP contribution in [0.15, 0.2) is 24.3 Å². The van der Waals surface area contributed by atoms with Gasteiger partial charge in [0.1, 0.15) is 12.4 Å². The maximum atomic E-state index is 9.02. The standard InChI is InChI=1S/C15H26N2O2/c1-2-3-8-17(9-11-18)10-12-19-15-6-4-14(13-16)5-7-15/h4-7,18H,2-3,8-13,16H2,1H3. The molecule has 0 aliphatic heterocycles. The number of hydrogen-bond donors (Lipinski definition) is 2. The highest BCUT2D eigenvalue weighted by Crippen LogP contribution is 2.11. The number of unbranched alkanes of at least 4 members (excludes halogenated alkanes) is 1. The van der Waals surface area contributed by atoms with Crippen LogP contribution in [0, 0.1) is 0 Å². The van der Waals surface area contributed by atoms with Gasteiger partial charge in [0, 0.05) is 19.6 Å². The minimum Gasteiger partial charge on any atom is -0.492 e. The van der Waals surface area contributed by atoms with Crippen molar-refractivity contribution in [1.29, 1.82) is 0 Å². The van der Waals surface area contributed by atoms with E-state index in [0.29, 0.717) is 13.2 Å². The Labute approximate surface area is 116 Å². The number of aliphatic hydroxyl groups is 1. The molecule has 108 valence electrons. The van der Waals surface area contributed by atoms with Crippen molar-refractivity contribution < 1.29 is 9.84 Å². The van der Waals surface area contributed by atoms with Crippen molar-refractivity contribution in [3.63, 3.8) is 0 Å². The van der Waals surface area contributed by atoms with E-state index >= 15 is 0 Å². The molecule has 19 heavy (non-hydrogen) atoms. The Kier molecular flexibility index (Phi) is 8.21. The lowest BCUT2D eigenvalue weighted by atomic mass is 10.2. The Balaban J connectivity index is 2.29. The number of rotatable bonds is 10. The predicted octanol–water partition coefficient (Wildman–Crippen LogP) is 1.62. The fraction of sp³-hybridized carbons (Fsp3) is 0.600. The zero-order chi connectivity index (χ0) is 13.9. The van der Waals surface area contributed by atoms with Crippen LogP contribution in [0.1, 0.15) is 25.3 Å². The molecule has 1 aromatic carbocycles. The van der Waals surface area contributed by atoms with Crippen LogP contribution >= 0.6 is 0 Å². The molecule has 0 saturated heterocycles. The second-order valence-electron chi connectivity index (χ2n) is 4.62. The maximum Gasteiger partial charge on any atom is 0.119 e. The smallest absolute Gasteiger partial charge is 0.119 e. The molecule has 0 aromatic heterocycles.